The molecule has 0 radical (unpaired) electrons. The molecule has 0 aliphatic carbocycles. The van der Waals surface area contributed by atoms with Crippen molar-refractivity contribution in [3.8, 4) is 0 Å². The zero-order chi connectivity index (χ0) is 19.3. The fourth-order valence-electron chi connectivity index (χ4n) is 3.68. The molecule has 1 atom stereocenters. The van der Waals surface area contributed by atoms with Gasteiger partial charge in [0.2, 0.25) is 11.8 Å². The Morgan fingerprint density at radius 2 is 1.93 bits per heavy atom. The molecule has 0 aromatic heterocycles. The fraction of sp³-hybridized carbons (Fsp3) is 0.500. The zero-order valence-corrected chi connectivity index (χ0v) is 15.2. The van der Waals surface area contributed by atoms with Crippen molar-refractivity contribution in [3.05, 3.63) is 29.1 Å². The van der Waals surface area contributed by atoms with E-state index in [2.05, 4.69) is 5.32 Å². The Balaban J connectivity index is 1.58. The predicted molar refractivity (Wildman–Crippen MR) is 93.5 cm³/mol. The van der Waals surface area contributed by atoms with Gasteiger partial charge in [0.15, 0.2) is 0 Å². The fourth-order valence-corrected chi connectivity index (χ4v) is 3.68. The van der Waals surface area contributed by atoms with E-state index in [4.69, 9.17) is 9.31 Å². The first-order valence-corrected chi connectivity index (χ1v) is 8.96. The quantitative estimate of drug-likeness (QED) is 0.597. The highest BCUT2D eigenvalue weighted by Gasteiger charge is 2.42. The third kappa shape index (κ3) is 3.15. The highest BCUT2D eigenvalue weighted by molar-refractivity contribution is 6.61. The van der Waals surface area contributed by atoms with Crippen molar-refractivity contribution in [3.63, 3.8) is 0 Å². The van der Waals surface area contributed by atoms with Gasteiger partial charge in [-0.05, 0) is 12.5 Å². The summed E-state index contributed by atoms with van der Waals surface area (Å²) >= 11 is 0. The summed E-state index contributed by atoms with van der Waals surface area (Å²) in [6, 6.07) is 2.28. The van der Waals surface area contributed by atoms with Crippen molar-refractivity contribution in [1.29, 1.82) is 0 Å². The number of imide groups is 1. The monoisotopic (exact) mass is 374 g/mol. The predicted octanol–water partition coefficient (Wildman–Crippen LogP) is 0.355. The topological polar surface area (TPSA) is 84.9 Å². The molecule has 3 aliphatic rings. The van der Waals surface area contributed by atoms with Gasteiger partial charge in [-0.25, -0.2) is 4.39 Å². The minimum atomic E-state index is -0.817. The van der Waals surface area contributed by atoms with E-state index in [9.17, 15) is 14.4 Å². The molecule has 2 saturated heterocycles. The van der Waals surface area contributed by atoms with Gasteiger partial charge in [0, 0.05) is 41.6 Å². The number of piperidine rings is 1. The van der Waals surface area contributed by atoms with Gasteiger partial charge in [-0.15, -0.1) is 0 Å². The summed E-state index contributed by atoms with van der Waals surface area (Å²) in [5, 5.41) is 2.23. The number of hydrogen-bond acceptors (Lipinski definition) is 5. The van der Waals surface area contributed by atoms with Crippen molar-refractivity contribution in [2.45, 2.75) is 39.3 Å². The third-order valence-electron chi connectivity index (χ3n) is 5.18. The van der Waals surface area contributed by atoms with Crippen LogP contribution in [0.4, 0.5) is 4.39 Å². The summed E-state index contributed by atoms with van der Waals surface area (Å²) in [5.41, 5.74) is 0.584. The average molecular weight is 374 g/mol. The lowest BCUT2D eigenvalue weighted by Crippen LogP contribution is -2.52. The van der Waals surface area contributed by atoms with Crippen LogP contribution in [0.2, 0.25) is 0 Å². The molecule has 0 saturated carbocycles. The van der Waals surface area contributed by atoms with E-state index in [1.807, 2.05) is 13.8 Å². The van der Waals surface area contributed by atoms with E-state index in [0.29, 0.717) is 13.2 Å². The zero-order valence-electron chi connectivity index (χ0n) is 15.2. The van der Waals surface area contributed by atoms with Gasteiger partial charge >= 0.3 is 7.12 Å². The van der Waals surface area contributed by atoms with E-state index in [1.54, 1.807) is 6.07 Å². The Morgan fingerprint density at radius 3 is 2.59 bits per heavy atom. The lowest BCUT2D eigenvalue weighted by molar-refractivity contribution is -0.136. The Labute approximate surface area is 156 Å². The van der Waals surface area contributed by atoms with Crippen LogP contribution in [-0.2, 0) is 25.4 Å². The molecule has 1 unspecified atom stereocenters. The first-order valence-electron chi connectivity index (χ1n) is 8.96. The standard InChI is InChI=1S/C18H20BFN2O5/c1-18(2)8-26-19(27-9-18)12-4-3-10-11(15(12)20)7-22(17(10)25)13-5-6-14(23)21-16(13)24/h3-4,13H,5-9H2,1-2H3,(H,21,23,24). The smallest absolute Gasteiger partial charge is 0.407 e. The van der Waals surface area contributed by atoms with Gasteiger partial charge in [-0.1, -0.05) is 19.9 Å². The maximum absolute atomic E-state index is 15.1. The molecule has 3 aliphatic heterocycles. The maximum atomic E-state index is 15.1. The minimum Gasteiger partial charge on any atom is -0.407 e. The molecule has 1 aromatic carbocycles. The van der Waals surface area contributed by atoms with Gasteiger partial charge in [-0.3, -0.25) is 19.7 Å². The Kier molecular flexibility index (Phi) is 4.31. The van der Waals surface area contributed by atoms with E-state index in [-0.39, 0.29) is 47.3 Å². The van der Waals surface area contributed by atoms with Crippen molar-refractivity contribution in [2.24, 2.45) is 5.41 Å². The first-order chi connectivity index (χ1) is 12.8. The molecule has 7 nitrogen and oxygen atoms in total. The Hall–Kier alpha value is -2.26. The Bertz CT molecular complexity index is 833. The largest absolute Gasteiger partial charge is 0.496 e. The molecule has 0 spiro atoms. The van der Waals surface area contributed by atoms with Crippen LogP contribution in [0.25, 0.3) is 0 Å². The summed E-state index contributed by atoms with van der Waals surface area (Å²) in [6.07, 6.45) is 0.395. The van der Waals surface area contributed by atoms with Crippen LogP contribution in [0.3, 0.4) is 0 Å². The van der Waals surface area contributed by atoms with Crippen molar-refractivity contribution >= 4 is 30.3 Å². The van der Waals surface area contributed by atoms with Gasteiger partial charge in [0.05, 0.1) is 6.54 Å². The molecule has 27 heavy (non-hydrogen) atoms. The summed E-state index contributed by atoms with van der Waals surface area (Å²) < 4.78 is 26.4. The van der Waals surface area contributed by atoms with E-state index in [1.165, 1.54) is 11.0 Å². The number of carbonyl (C=O) groups excluding carboxylic acids is 3. The number of halogens is 1. The Morgan fingerprint density at radius 1 is 1.22 bits per heavy atom. The van der Waals surface area contributed by atoms with Crippen molar-refractivity contribution in [2.75, 3.05) is 13.2 Å². The molecular weight excluding hydrogens is 354 g/mol. The van der Waals surface area contributed by atoms with E-state index < -0.39 is 30.8 Å². The second-order valence-corrected chi connectivity index (χ2v) is 8.01. The lowest BCUT2D eigenvalue weighted by atomic mass is 9.74. The highest BCUT2D eigenvalue weighted by atomic mass is 19.1. The second kappa shape index (κ2) is 6.42. The van der Waals surface area contributed by atoms with Crippen LogP contribution in [0.15, 0.2) is 12.1 Å². The lowest BCUT2D eigenvalue weighted by Gasteiger charge is -2.33. The number of rotatable bonds is 2. The molecule has 1 aromatic rings. The average Bonchev–Trinajstić information content (AvgIpc) is 2.94. The summed E-state index contributed by atoms with van der Waals surface area (Å²) in [4.78, 5) is 37.4. The van der Waals surface area contributed by atoms with Crippen LogP contribution in [-0.4, -0.2) is 49.0 Å². The number of carbonyl (C=O) groups is 3. The maximum Gasteiger partial charge on any atom is 0.496 e. The van der Waals surface area contributed by atoms with Crippen molar-refractivity contribution < 1.29 is 28.1 Å². The van der Waals surface area contributed by atoms with Gasteiger partial charge in [0.25, 0.3) is 5.91 Å². The molecule has 9 heteroatoms. The summed E-state index contributed by atoms with van der Waals surface area (Å²) in [5.74, 6) is -1.82. The van der Waals surface area contributed by atoms with Crippen molar-refractivity contribution in [1.82, 2.24) is 10.2 Å². The second-order valence-electron chi connectivity index (χ2n) is 8.01. The first kappa shape index (κ1) is 18.1. The van der Waals surface area contributed by atoms with Gasteiger partial charge < -0.3 is 14.2 Å². The van der Waals surface area contributed by atoms with Crippen LogP contribution in [0.5, 0.6) is 0 Å². The van der Waals surface area contributed by atoms with Gasteiger partial charge in [0.1, 0.15) is 11.9 Å². The molecule has 4 rings (SSSR count). The molecule has 142 valence electrons. The van der Waals surface area contributed by atoms with Crippen LogP contribution in [0, 0.1) is 11.2 Å². The number of benzene rings is 1. The molecule has 0 bridgehead atoms. The van der Waals surface area contributed by atoms with Gasteiger partial charge in [-0.2, -0.15) is 0 Å². The highest BCUT2D eigenvalue weighted by Crippen LogP contribution is 2.29. The number of fused-ring (bicyclic) bond motifs is 1. The van der Waals surface area contributed by atoms with Crippen LogP contribution >= 0.6 is 0 Å². The normalized spacial score (nSPS) is 24.9. The molecule has 3 heterocycles. The minimum absolute atomic E-state index is 0.0155. The number of amides is 3. The van der Waals surface area contributed by atoms with Crippen LogP contribution in [0.1, 0.15) is 42.6 Å². The SMILES string of the molecule is CC1(C)COB(c2ccc3c(c2F)CN(C2CCC(=O)NC2=O)C3=O)OC1. The number of nitrogens with zero attached hydrogens (tertiary/aromatic N) is 1. The van der Waals surface area contributed by atoms with E-state index >= 15 is 4.39 Å². The molecule has 1 N–H and O–H groups in total. The summed E-state index contributed by atoms with van der Waals surface area (Å²) in [6.45, 7) is 4.86. The number of nitrogens with one attached hydrogen (secondary N) is 1. The number of hydrogen-bond donors (Lipinski definition) is 1. The molecule has 3 amide bonds. The molecular formula is C18H20BFN2O5. The van der Waals surface area contributed by atoms with E-state index in [0.717, 1.165) is 0 Å². The van der Waals surface area contributed by atoms with Crippen LogP contribution < -0.4 is 10.8 Å². The third-order valence-corrected chi connectivity index (χ3v) is 5.18. The molecule has 2 fully saturated rings. The summed E-state index contributed by atoms with van der Waals surface area (Å²) in [7, 11) is -0.817.